The van der Waals surface area contributed by atoms with Gasteiger partial charge in [-0.15, -0.1) is 0 Å². The van der Waals surface area contributed by atoms with Gasteiger partial charge in [0.1, 0.15) is 4.90 Å². The van der Waals surface area contributed by atoms with Crippen molar-refractivity contribution in [3.63, 3.8) is 0 Å². The van der Waals surface area contributed by atoms with Crippen molar-refractivity contribution < 1.29 is 12.6 Å². The molecule has 1 heterocycles. The number of aryl methyl sites for hydroxylation is 2. The Bertz CT molecular complexity index is 676. The lowest BCUT2D eigenvalue weighted by Gasteiger charge is -2.07. The average Bonchev–Trinajstić information content (AvgIpc) is 2.27. The number of benzene rings is 1. The van der Waals surface area contributed by atoms with Crippen LogP contribution in [-0.2, 0) is 10.1 Å². The van der Waals surface area contributed by atoms with Crippen LogP contribution in [0.25, 0.3) is 0 Å². The summed E-state index contributed by atoms with van der Waals surface area (Å²) in [4.78, 5) is 7.63. The minimum atomic E-state index is -3.91. The quantitative estimate of drug-likeness (QED) is 0.854. The lowest BCUT2D eigenvalue weighted by atomic mass is 10.2. The van der Waals surface area contributed by atoms with E-state index < -0.39 is 10.1 Å². The minimum absolute atomic E-state index is 0.0332. The molecule has 100 valence electrons. The first-order chi connectivity index (χ1) is 8.87. The molecular weight excluding hydrogens is 266 g/mol. The molecule has 6 nitrogen and oxygen atoms in total. The van der Waals surface area contributed by atoms with Crippen LogP contribution in [-0.4, -0.2) is 18.4 Å². The van der Waals surface area contributed by atoms with E-state index in [1.807, 2.05) is 6.92 Å². The van der Waals surface area contributed by atoms with Crippen molar-refractivity contribution in [2.75, 3.05) is 5.73 Å². The number of hydrogen-bond donors (Lipinski definition) is 1. The van der Waals surface area contributed by atoms with Gasteiger partial charge < -0.3 is 9.92 Å². The standard InChI is InChI=1S/C12H13N3O3S/c1-8-3-5-10(6-4-8)19(16,17)18-11-7-9(2)14-12(13)15-11/h3-7H,1-2H3,(H2,13,14,15). The molecule has 0 aliphatic carbocycles. The van der Waals surface area contributed by atoms with Crippen LogP contribution in [0.4, 0.5) is 5.95 Å². The molecule has 0 amide bonds. The summed E-state index contributed by atoms with van der Waals surface area (Å²) in [5, 5.41) is 0. The zero-order valence-corrected chi connectivity index (χ0v) is 11.3. The maximum atomic E-state index is 12.0. The van der Waals surface area contributed by atoms with Gasteiger partial charge in [-0.1, -0.05) is 17.7 Å². The number of hydrogen-bond acceptors (Lipinski definition) is 6. The topological polar surface area (TPSA) is 95.2 Å². The molecule has 7 heteroatoms. The smallest absolute Gasteiger partial charge is 0.340 e. The largest absolute Gasteiger partial charge is 0.368 e. The van der Waals surface area contributed by atoms with Crippen molar-refractivity contribution >= 4 is 16.1 Å². The van der Waals surface area contributed by atoms with Crippen molar-refractivity contribution in [1.29, 1.82) is 0 Å². The van der Waals surface area contributed by atoms with Crippen molar-refractivity contribution in [1.82, 2.24) is 9.97 Å². The van der Waals surface area contributed by atoms with E-state index in [-0.39, 0.29) is 16.7 Å². The van der Waals surface area contributed by atoms with Crippen LogP contribution in [0.1, 0.15) is 11.3 Å². The molecule has 1 aromatic heterocycles. The van der Waals surface area contributed by atoms with Crippen LogP contribution in [0.2, 0.25) is 0 Å². The number of rotatable bonds is 3. The maximum Gasteiger partial charge on any atom is 0.340 e. The van der Waals surface area contributed by atoms with Crippen LogP contribution in [0, 0.1) is 13.8 Å². The second-order valence-electron chi connectivity index (χ2n) is 4.06. The summed E-state index contributed by atoms with van der Waals surface area (Å²) in [6.45, 7) is 3.54. The van der Waals surface area contributed by atoms with Gasteiger partial charge in [-0.05, 0) is 26.0 Å². The fourth-order valence-electron chi connectivity index (χ4n) is 1.47. The van der Waals surface area contributed by atoms with Crippen LogP contribution in [0.5, 0.6) is 5.88 Å². The molecule has 0 fully saturated rings. The van der Waals surface area contributed by atoms with E-state index in [1.165, 1.54) is 18.2 Å². The Morgan fingerprint density at radius 3 is 2.32 bits per heavy atom. The van der Waals surface area contributed by atoms with E-state index in [4.69, 9.17) is 9.92 Å². The van der Waals surface area contributed by atoms with Gasteiger partial charge in [0.05, 0.1) is 0 Å². The van der Waals surface area contributed by atoms with Gasteiger partial charge in [-0.2, -0.15) is 13.4 Å². The maximum absolute atomic E-state index is 12.0. The van der Waals surface area contributed by atoms with Crippen LogP contribution >= 0.6 is 0 Å². The number of nitrogens with zero attached hydrogens (tertiary/aromatic N) is 2. The first kappa shape index (κ1) is 13.3. The van der Waals surface area contributed by atoms with Crippen molar-refractivity contribution in [2.24, 2.45) is 0 Å². The van der Waals surface area contributed by atoms with Crippen molar-refractivity contribution in [3.8, 4) is 5.88 Å². The van der Waals surface area contributed by atoms with Gasteiger partial charge in [0, 0.05) is 11.8 Å². The summed E-state index contributed by atoms with van der Waals surface area (Å²) in [6.07, 6.45) is 0. The summed E-state index contributed by atoms with van der Waals surface area (Å²) < 4.78 is 29.0. The number of nitrogen functional groups attached to an aromatic ring is 1. The first-order valence-corrected chi connectivity index (χ1v) is 6.90. The molecule has 2 N–H and O–H groups in total. The fraction of sp³-hybridized carbons (Fsp3) is 0.167. The van der Waals surface area contributed by atoms with E-state index in [1.54, 1.807) is 19.1 Å². The predicted molar refractivity (Wildman–Crippen MR) is 70.2 cm³/mol. The highest BCUT2D eigenvalue weighted by atomic mass is 32.2. The molecule has 0 saturated heterocycles. The van der Waals surface area contributed by atoms with E-state index in [0.717, 1.165) is 5.56 Å². The monoisotopic (exact) mass is 279 g/mol. The Morgan fingerprint density at radius 2 is 1.74 bits per heavy atom. The van der Waals surface area contributed by atoms with Gasteiger partial charge in [-0.3, -0.25) is 0 Å². The Morgan fingerprint density at radius 1 is 1.11 bits per heavy atom. The molecule has 1 aromatic carbocycles. The fourth-order valence-corrected chi connectivity index (χ4v) is 2.35. The van der Waals surface area contributed by atoms with Crippen LogP contribution in [0.15, 0.2) is 35.2 Å². The Balaban J connectivity index is 2.33. The number of anilines is 1. The zero-order chi connectivity index (χ0) is 14.0. The number of aromatic nitrogens is 2. The summed E-state index contributed by atoms with van der Waals surface area (Å²) >= 11 is 0. The Hall–Kier alpha value is -2.15. The van der Waals surface area contributed by atoms with E-state index >= 15 is 0 Å². The summed E-state index contributed by atoms with van der Waals surface area (Å²) in [7, 11) is -3.91. The van der Waals surface area contributed by atoms with Crippen molar-refractivity contribution in [3.05, 3.63) is 41.6 Å². The third kappa shape index (κ3) is 3.19. The predicted octanol–water partition coefficient (Wildman–Crippen LogP) is 1.44. The summed E-state index contributed by atoms with van der Waals surface area (Å²) in [5.41, 5.74) is 6.93. The second-order valence-corrected chi connectivity index (χ2v) is 5.60. The van der Waals surface area contributed by atoms with Gasteiger partial charge in [0.25, 0.3) is 0 Å². The highest BCUT2D eigenvalue weighted by Crippen LogP contribution is 2.18. The van der Waals surface area contributed by atoms with Gasteiger partial charge in [0.2, 0.25) is 11.8 Å². The highest BCUT2D eigenvalue weighted by Gasteiger charge is 2.17. The van der Waals surface area contributed by atoms with Crippen molar-refractivity contribution in [2.45, 2.75) is 18.7 Å². The molecule has 0 unspecified atom stereocenters. The second kappa shape index (κ2) is 4.85. The lowest BCUT2D eigenvalue weighted by molar-refractivity contribution is 0.475. The third-order valence-electron chi connectivity index (χ3n) is 2.35. The molecule has 2 rings (SSSR count). The van der Waals surface area contributed by atoms with Gasteiger partial charge in [0.15, 0.2) is 0 Å². The molecule has 0 atom stereocenters. The molecule has 0 bridgehead atoms. The Labute approximate surface area is 111 Å². The molecule has 0 spiro atoms. The van der Waals surface area contributed by atoms with Crippen LogP contribution < -0.4 is 9.92 Å². The average molecular weight is 279 g/mol. The molecule has 19 heavy (non-hydrogen) atoms. The third-order valence-corrected chi connectivity index (χ3v) is 3.59. The molecule has 0 aliphatic rings. The Kier molecular flexibility index (Phi) is 3.39. The molecule has 0 aliphatic heterocycles. The summed E-state index contributed by atoms with van der Waals surface area (Å²) in [6, 6.07) is 7.73. The van der Waals surface area contributed by atoms with E-state index in [0.29, 0.717) is 5.69 Å². The van der Waals surface area contributed by atoms with Crippen LogP contribution in [0.3, 0.4) is 0 Å². The zero-order valence-electron chi connectivity index (χ0n) is 10.5. The number of nitrogens with two attached hydrogens (primary N) is 1. The van der Waals surface area contributed by atoms with E-state index in [2.05, 4.69) is 9.97 Å². The molecular formula is C12H13N3O3S. The first-order valence-electron chi connectivity index (χ1n) is 5.49. The van der Waals surface area contributed by atoms with Gasteiger partial charge in [-0.25, -0.2) is 4.98 Å². The van der Waals surface area contributed by atoms with E-state index in [9.17, 15) is 8.42 Å². The SMILES string of the molecule is Cc1ccc(S(=O)(=O)Oc2cc(C)nc(N)n2)cc1. The lowest BCUT2D eigenvalue weighted by Crippen LogP contribution is -2.11. The summed E-state index contributed by atoms with van der Waals surface area (Å²) in [5.74, 6) is -0.125. The highest BCUT2D eigenvalue weighted by molar-refractivity contribution is 7.87. The minimum Gasteiger partial charge on any atom is -0.368 e. The molecule has 2 aromatic rings. The molecule has 0 radical (unpaired) electrons. The van der Waals surface area contributed by atoms with Gasteiger partial charge >= 0.3 is 10.1 Å². The molecule has 0 saturated carbocycles. The normalized spacial score (nSPS) is 11.3.